The van der Waals surface area contributed by atoms with Crippen molar-refractivity contribution in [2.24, 2.45) is 0 Å². The molecule has 1 aliphatic heterocycles. The van der Waals surface area contributed by atoms with E-state index in [9.17, 15) is 0 Å². The van der Waals surface area contributed by atoms with Crippen LogP contribution in [0.15, 0.2) is 6.33 Å². The fourth-order valence-corrected chi connectivity index (χ4v) is 4.21. The molecule has 1 aliphatic rings. The van der Waals surface area contributed by atoms with E-state index in [-0.39, 0.29) is 5.60 Å². The van der Waals surface area contributed by atoms with Crippen LogP contribution in [0.3, 0.4) is 0 Å². The number of fused-ring (bicyclic) bond motifs is 5. The first kappa shape index (κ1) is 15.9. The average molecular weight is 346 g/mol. The van der Waals surface area contributed by atoms with Crippen molar-refractivity contribution in [3.63, 3.8) is 0 Å². The number of rotatable bonds is 4. The van der Waals surface area contributed by atoms with Gasteiger partial charge < -0.3 is 10.1 Å². The summed E-state index contributed by atoms with van der Waals surface area (Å²) in [5.74, 6) is 0.871. The molecule has 24 heavy (non-hydrogen) atoms. The van der Waals surface area contributed by atoms with Gasteiger partial charge in [-0.1, -0.05) is 6.92 Å². The number of thiophene rings is 1. The van der Waals surface area contributed by atoms with E-state index in [0.717, 1.165) is 41.1 Å². The van der Waals surface area contributed by atoms with Gasteiger partial charge in [0.25, 0.3) is 0 Å². The maximum Gasteiger partial charge on any atom is 0.206 e. The molecule has 0 aliphatic carbocycles. The highest BCUT2D eigenvalue weighted by molar-refractivity contribution is 7.19. The van der Waals surface area contributed by atoms with Crippen LogP contribution in [-0.2, 0) is 24.3 Å². The molecule has 0 spiro atoms. The standard InChI is InChI=1S/C17H23N5OS/c1-5-10(2)18-7-13-20-15-14-11-6-17(3,4)23-8-12(11)24-16(14)19-9-22(15)21-13/h9-10,18H,5-8H2,1-4H3/p+1/t10-/m0/s1. The molecule has 7 heteroatoms. The maximum atomic E-state index is 5.95. The molecule has 0 fully saturated rings. The van der Waals surface area contributed by atoms with Gasteiger partial charge in [0.1, 0.15) is 17.7 Å². The molecule has 3 aromatic rings. The van der Waals surface area contributed by atoms with E-state index >= 15 is 0 Å². The normalized spacial score (nSPS) is 18.2. The molecule has 3 aromatic heterocycles. The Balaban J connectivity index is 1.79. The molecule has 2 N–H and O–H groups in total. The van der Waals surface area contributed by atoms with Gasteiger partial charge in [0, 0.05) is 11.3 Å². The zero-order valence-electron chi connectivity index (χ0n) is 14.7. The number of nitrogens with two attached hydrogens (primary N) is 1. The lowest BCUT2D eigenvalue weighted by atomic mass is 9.94. The Labute approximate surface area is 145 Å². The Hall–Kier alpha value is -1.57. The highest BCUT2D eigenvalue weighted by Gasteiger charge is 2.30. The Morgan fingerprint density at radius 3 is 3.08 bits per heavy atom. The van der Waals surface area contributed by atoms with Crippen LogP contribution < -0.4 is 5.32 Å². The van der Waals surface area contributed by atoms with Crippen molar-refractivity contribution in [2.45, 2.75) is 65.3 Å². The van der Waals surface area contributed by atoms with E-state index in [1.807, 2.05) is 4.52 Å². The van der Waals surface area contributed by atoms with Crippen LogP contribution in [0.1, 0.15) is 50.4 Å². The zero-order valence-corrected chi connectivity index (χ0v) is 15.5. The van der Waals surface area contributed by atoms with Gasteiger partial charge in [0.15, 0.2) is 5.65 Å². The van der Waals surface area contributed by atoms with Crippen molar-refractivity contribution in [1.29, 1.82) is 0 Å². The van der Waals surface area contributed by atoms with Gasteiger partial charge in [-0.15, -0.1) is 16.4 Å². The number of quaternary nitrogens is 1. The molecule has 4 heterocycles. The molecule has 0 bridgehead atoms. The van der Waals surface area contributed by atoms with Crippen molar-refractivity contribution in [1.82, 2.24) is 19.6 Å². The average Bonchev–Trinajstić information content (AvgIpc) is 3.11. The molecule has 128 valence electrons. The van der Waals surface area contributed by atoms with E-state index < -0.39 is 0 Å². The summed E-state index contributed by atoms with van der Waals surface area (Å²) in [5.41, 5.74) is 2.14. The van der Waals surface area contributed by atoms with Crippen LogP contribution in [0.4, 0.5) is 0 Å². The summed E-state index contributed by atoms with van der Waals surface area (Å²) in [6.07, 6.45) is 3.82. The third-order valence-electron chi connectivity index (χ3n) is 4.80. The topological polar surface area (TPSA) is 68.9 Å². The molecule has 0 radical (unpaired) electrons. The van der Waals surface area contributed by atoms with E-state index in [1.54, 1.807) is 17.7 Å². The second-order valence-corrected chi connectivity index (χ2v) is 8.36. The minimum absolute atomic E-state index is 0.138. The van der Waals surface area contributed by atoms with E-state index in [0.29, 0.717) is 12.6 Å². The summed E-state index contributed by atoms with van der Waals surface area (Å²) in [4.78, 5) is 11.7. The lowest BCUT2D eigenvalue weighted by molar-refractivity contribution is -0.702. The van der Waals surface area contributed by atoms with Crippen LogP contribution in [0.25, 0.3) is 15.9 Å². The molecular weight excluding hydrogens is 322 g/mol. The number of aromatic nitrogens is 4. The lowest BCUT2D eigenvalue weighted by Gasteiger charge is -2.30. The predicted octanol–water partition coefficient (Wildman–Crippen LogP) is 2.05. The van der Waals surface area contributed by atoms with Crippen LogP contribution in [0, 0.1) is 0 Å². The number of nitrogens with zero attached hydrogens (tertiary/aromatic N) is 4. The van der Waals surface area contributed by atoms with Gasteiger partial charge in [-0.3, -0.25) is 0 Å². The molecule has 6 nitrogen and oxygen atoms in total. The van der Waals surface area contributed by atoms with Gasteiger partial charge in [-0.2, -0.15) is 0 Å². The van der Waals surface area contributed by atoms with Crippen LogP contribution in [-0.4, -0.2) is 31.2 Å². The van der Waals surface area contributed by atoms with Gasteiger partial charge in [-0.05, 0) is 32.8 Å². The first-order valence-electron chi connectivity index (χ1n) is 8.58. The number of hydrogen-bond donors (Lipinski definition) is 1. The van der Waals surface area contributed by atoms with Crippen LogP contribution in [0.5, 0.6) is 0 Å². The molecule has 1 atom stereocenters. The van der Waals surface area contributed by atoms with Gasteiger partial charge >= 0.3 is 0 Å². The van der Waals surface area contributed by atoms with Crippen molar-refractivity contribution in [3.05, 3.63) is 22.6 Å². The van der Waals surface area contributed by atoms with Gasteiger partial charge in [0.2, 0.25) is 5.82 Å². The third kappa shape index (κ3) is 2.70. The predicted molar refractivity (Wildman–Crippen MR) is 94.1 cm³/mol. The summed E-state index contributed by atoms with van der Waals surface area (Å²) in [5, 5.41) is 8.07. The van der Waals surface area contributed by atoms with Crippen molar-refractivity contribution < 1.29 is 10.1 Å². The van der Waals surface area contributed by atoms with Gasteiger partial charge in [0.05, 0.1) is 23.6 Å². The van der Waals surface area contributed by atoms with Crippen LogP contribution in [0.2, 0.25) is 0 Å². The molecule has 4 rings (SSSR count). The summed E-state index contributed by atoms with van der Waals surface area (Å²) in [6.45, 7) is 10.2. The molecule has 0 amide bonds. The van der Waals surface area contributed by atoms with Crippen molar-refractivity contribution in [2.75, 3.05) is 0 Å². The zero-order chi connectivity index (χ0) is 16.9. The first-order valence-corrected chi connectivity index (χ1v) is 9.40. The maximum absolute atomic E-state index is 5.95. The SMILES string of the molecule is CC[C@H](C)[NH2+]Cc1nc2c3c4c(sc3ncn2n1)COC(C)(C)C4. The van der Waals surface area contributed by atoms with Crippen LogP contribution >= 0.6 is 11.3 Å². The summed E-state index contributed by atoms with van der Waals surface area (Å²) < 4.78 is 7.78. The Bertz CT molecular complexity index is 897. The van der Waals surface area contributed by atoms with E-state index in [4.69, 9.17) is 9.72 Å². The summed E-state index contributed by atoms with van der Waals surface area (Å²) in [6, 6.07) is 0.585. The Kier molecular flexibility index (Phi) is 3.82. The molecule has 0 aromatic carbocycles. The highest BCUT2D eigenvalue weighted by atomic mass is 32.1. The minimum atomic E-state index is -0.138. The molecule has 0 unspecified atom stereocenters. The van der Waals surface area contributed by atoms with Crippen molar-refractivity contribution in [3.8, 4) is 0 Å². The highest BCUT2D eigenvalue weighted by Crippen LogP contribution is 2.39. The summed E-state index contributed by atoms with van der Waals surface area (Å²) in [7, 11) is 0. The largest absolute Gasteiger partial charge is 0.370 e. The smallest absolute Gasteiger partial charge is 0.206 e. The fraction of sp³-hybridized carbons (Fsp3) is 0.588. The quantitative estimate of drug-likeness (QED) is 0.785. The Morgan fingerprint density at radius 1 is 1.46 bits per heavy atom. The van der Waals surface area contributed by atoms with Gasteiger partial charge in [-0.25, -0.2) is 14.5 Å². The monoisotopic (exact) mass is 346 g/mol. The van der Waals surface area contributed by atoms with E-state index in [1.165, 1.54) is 10.4 Å². The molecular formula is C17H24N5OS+. The fourth-order valence-electron chi connectivity index (χ4n) is 3.15. The van der Waals surface area contributed by atoms with Crippen molar-refractivity contribution >= 4 is 27.2 Å². The summed E-state index contributed by atoms with van der Waals surface area (Å²) >= 11 is 1.72. The second kappa shape index (κ2) is 5.75. The number of hydrogen-bond acceptors (Lipinski definition) is 5. The first-order chi connectivity index (χ1) is 11.5. The second-order valence-electron chi connectivity index (χ2n) is 7.28. The molecule has 0 saturated carbocycles. The number of ether oxygens (including phenoxy) is 1. The Morgan fingerprint density at radius 2 is 2.29 bits per heavy atom. The van der Waals surface area contributed by atoms with E-state index in [2.05, 4.69) is 43.1 Å². The molecule has 0 saturated heterocycles. The minimum Gasteiger partial charge on any atom is -0.370 e. The lowest BCUT2D eigenvalue weighted by Crippen LogP contribution is -2.87. The third-order valence-corrected chi connectivity index (χ3v) is 5.91.